The van der Waals surface area contributed by atoms with Crippen LogP contribution in [0.5, 0.6) is 0 Å². The minimum Gasteiger partial charge on any atom is -0.314 e. The van der Waals surface area contributed by atoms with E-state index in [1.54, 1.807) is 12.1 Å². The van der Waals surface area contributed by atoms with Crippen LogP contribution in [0, 0.1) is 6.92 Å². The second-order valence-electron chi connectivity index (χ2n) is 5.03. The molecule has 0 bridgehead atoms. The first kappa shape index (κ1) is 14.6. The predicted molar refractivity (Wildman–Crippen MR) is 85.8 cm³/mol. The molecule has 1 aromatic heterocycles. The first-order chi connectivity index (χ1) is 10.5. The van der Waals surface area contributed by atoms with E-state index in [1.807, 2.05) is 54.0 Å². The van der Waals surface area contributed by atoms with Gasteiger partial charge in [0.25, 0.3) is 10.1 Å². The van der Waals surface area contributed by atoms with E-state index in [0.717, 1.165) is 22.6 Å². The Morgan fingerprint density at radius 3 is 2.09 bits per heavy atom. The van der Waals surface area contributed by atoms with E-state index in [-0.39, 0.29) is 4.90 Å². The molecule has 0 aliphatic carbocycles. The molecular formula is C17H15NO3S. The molecule has 4 nitrogen and oxygen atoms in total. The number of rotatable bonds is 3. The lowest BCUT2D eigenvalue weighted by Gasteiger charge is -2.12. The highest BCUT2D eigenvalue weighted by molar-refractivity contribution is 7.85. The number of aryl methyl sites for hydroxylation is 1. The summed E-state index contributed by atoms with van der Waals surface area (Å²) in [7, 11) is -4.17. The standard InChI is InChI=1S/C17H15NO3S/c1-13-7-12-17(14-5-3-2-4-6-14)18(13)15-8-10-16(11-9-15)22(19,20)21/h2-12H,1H3,(H,19,20,21). The number of hydrogen-bond acceptors (Lipinski definition) is 2. The number of aromatic nitrogens is 1. The molecule has 2 aromatic carbocycles. The van der Waals surface area contributed by atoms with Crippen molar-refractivity contribution in [3.63, 3.8) is 0 Å². The summed E-state index contributed by atoms with van der Waals surface area (Å²) >= 11 is 0. The normalized spacial score (nSPS) is 11.5. The van der Waals surface area contributed by atoms with Gasteiger partial charge in [-0.15, -0.1) is 0 Å². The van der Waals surface area contributed by atoms with Crippen molar-refractivity contribution >= 4 is 10.1 Å². The first-order valence-electron chi connectivity index (χ1n) is 6.78. The average Bonchev–Trinajstić information content (AvgIpc) is 2.89. The van der Waals surface area contributed by atoms with Crippen LogP contribution < -0.4 is 0 Å². The highest BCUT2D eigenvalue weighted by Gasteiger charge is 2.12. The minimum atomic E-state index is -4.17. The number of nitrogens with zero attached hydrogens (tertiary/aromatic N) is 1. The molecule has 0 fully saturated rings. The Bertz CT molecular complexity index is 895. The molecule has 0 amide bonds. The van der Waals surface area contributed by atoms with Crippen molar-refractivity contribution in [3.8, 4) is 16.9 Å². The van der Waals surface area contributed by atoms with Crippen molar-refractivity contribution in [1.82, 2.24) is 4.57 Å². The summed E-state index contributed by atoms with van der Waals surface area (Å²) in [6.45, 7) is 1.99. The SMILES string of the molecule is Cc1ccc(-c2ccccc2)n1-c1ccc(S(=O)(=O)O)cc1. The molecule has 0 spiro atoms. The molecule has 0 saturated heterocycles. The van der Waals surface area contributed by atoms with Crippen LogP contribution in [-0.2, 0) is 10.1 Å². The van der Waals surface area contributed by atoms with Gasteiger partial charge in [-0.1, -0.05) is 30.3 Å². The van der Waals surface area contributed by atoms with Gasteiger partial charge in [-0.3, -0.25) is 4.55 Å². The van der Waals surface area contributed by atoms with Gasteiger partial charge in [-0.25, -0.2) is 0 Å². The molecule has 3 rings (SSSR count). The minimum absolute atomic E-state index is 0.109. The molecule has 0 aliphatic heterocycles. The number of hydrogen-bond donors (Lipinski definition) is 1. The Labute approximate surface area is 129 Å². The molecule has 3 aromatic rings. The smallest absolute Gasteiger partial charge is 0.294 e. The highest BCUT2D eigenvalue weighted by atomic mass is 32.2. The van der Waals surface area contributed by atoms with E-state index in [0.29, 0.717) is 0 Å². The van der Waals surface area contributed by atoms with Gasteiger partial charge in [0.05, 0.1) is 10.6 Å². The van der Waals surface area contributed by atoms with Crippen molar-refractivity contribution in [1.29, 1.82) is 0 Å². The zero-order valence-corrected chi connectivity index (χ0v) is 12.8. The van der Waals surface area contributed by atoms with E-state index in [9.17, 15) is 8.42 Å². The third-order valence-electron chi connectivity index (χ3n) is 3.54. The summed E-state index contributed by atoms with van der Waals surface area (Å²) in [5.74, 6) is 0. The van der Waals surface area contributed by atoms with Crippen molar-refractivity contribution in [2.75, 3.05) is 0 Å². The highest BCUT2D eigenvalue weighted by Crippen LogP contribution is 2.26. The maximum atomic E-state index is 11.1. The molecule has 0 radical (unpaired) electrons. The van der Waals surface area contributed by atoms with Gasteiger partial charge < -0.3 is 4.57 Å². The van der Waals surface area contributed by atoms with Crippen molar-refractivity contribution in [2.45, 2.75) is 11.8 Å². The van der Waals surface area contributed by atoms with E-state index < -0.39 is 10.1 Å². The molecule has 112 valence electrons. The van der Waals surface area contributed by atoms with Crippen LogP contribution >= 0.6 is 0 Å². The summed E-state index contributed by atoms with van der Waals surface area (Å²) in [5, 5.41) is 0. The Kier molecular flexibility index (Phi) is 3.60. The monoisotopic (exact) mass is 313 g/mol. The maximum Gasteiger partial charge on any atom is 0.294 e. The molecular weight excluding hydrogens is 298 g/mol. The van der Waals surface area contributed by atoms with Gasteiger partial charge in [-0.05, 0) is 48.9 Å². The third-order valence-corrected chi connectivity index (χ3v) is 4.41. The molecule has 5 heteroatoms. The lowest BCUT2D eigenvalue weighted by molar-refractivity contribution is 0.483. The van der Waals surface area contributed by atoms with Crippen LogP contribution in [0.3, 0.4) is 0 Å². The van der Waals surface area contributed by atoms with Crippen LogP contribution in [0.1, 0.15) is 5.69 Å². The van der Waals surface area contributed by atoms with E-state index in [1.165, 1.54) is 12.1 Å². The van der Waals surface area contributed by atoms with Crippen LogP contribution in [0.2, 0.25) is 0 Å². The average molecular weight is 313 g/mol. The van der Waals surface area contributed by atoms with Gasteiger partial charge in [0.15, 0.2) is 0 Å². The molecule has 0 aliphatic rings. The second-order valence-corrected chi connectivity index (χ2v) is 6.45. The zero-order chi connectivity index (χ0) is 15.7. The van der Waals surface area contributed by atoms with Crippen molar-refractivity contribution < 1.29 is 13.0 Å². The van der Waals surface area contributed by atoms with E-state index in [4.69, 9.17) is 4.55 Å². The largest absolute Gasteiger partial charge is 0.314 e. The fraction of sp³-hybridized carbons (Fsp3) is 0.0588. The second kappa shape index (κ2) is 5.44. The van der Waals surface area contributed by atoms with Crippen LogP contribution in [0.25, 0.3) is 16.9 Å². The number of benzene rings is 2. The van der Waals surface area contributed by atoms with Crippen LogP contribution in [0.15, 0.2) is 71.6 Å². The lowest BCUT2D eigenvalue weighted by Crippen LogP contribution is -2.01. The Hall–Kier alpha value is -2.37. The van der Waals surface area contributed by atoms with E-state index in [2.05, 4.69) is 0 Å². The van der Waals surface area contributed by atoms with Gasteiger partial charge in [0.1, 0.15) is 0 Å². The zero-order valence-electron chi connectivity index (χ0n) is 12.0. The first-order valence-corrected chi connectivity index (χ1v) is 8.22. The van der Waals surface area contributed by atoms with Crippen molar-refractivity contribution in [2.24, 2.45) is 0 Å². The summed E-state index contributed by atoms with van der Waals surface area (Å²) in [5.41, 5.74) is 3.99. The maximum absolute atomic E-state index is 11.1. The summed E-state index contributed by atoms with van der Waals surface area (Å²) < 4.78 is 33.4. The lowest BCUT2D eigenvalue weighted by atomic mass is 10.1. The fourth-order valence-electron chi connectivity index (χ4n) is 2.48. The van der Waals surface area contributed by atoms with Crippen LogP contribution in [-0.4, -0.2) is 17.5 Å². The van der Waals surface area contributed by atoms with E-state index >= 15 is 0 Å². The van der Waals surface area contributed by atoms with Gasteiger partial charge in [0, 0.05) is 11.4 Å². The molecule has 1 heterocycles. The Morgan fingerprint density at radius 2 is 1.50 bits per heavy atom. The molecule has 0 unspecified atom stereocenters. The van der Waals surface area contributed by atoms with Crippen LogP contribution in [0.4, 0.5) is 0 Å². The summed E-state index contributed by atoms with van der Waals surface area (Å²) in [4.78, 5) is -0.109. The Balaban J connectivity index is 2.12. The molecule has 22 heavy (non-hydrogen) atoms. The predicted octanol–water partition coefficient (Wildman–Crippen LogP) is 3.70. The molecule has 0 saturated carbocycles. The summed E-state index contributed by atoms with van der Waals surface area (Å²) in [6, 6.07) is 20.2. The van der Waals surface area contributed by atoms with Crippen molar-refractivity contribution in [3.05, 3.63) is 72.4 Å². The molecule has 0 atom stereocenters. The topological polar surface area (TPSA) is 59.3 Å². The Morgan fingerprint density at radius 1 is 0.864 bits per heavy atom. The van der Waals surface area contributed by atoms with Gasteiger partial charge in [-0.2, -0.15) is 8.42 Å². The summed E-state index contributed by atoms with van der Waals surface area (Å²) in [6.07, 6.45) is 0. The molecule has 1 N–H and O–H groups in total. The quantitative estimate of drug-likeness (QED) is 0.750. The third kappa shape index (κ3) is 2.68. The fourth-order valence-corrected chi connectivity index (χ4v) is 2.96. The van der Waals surface area contributed by atoms with Gasteiger partial charge in [0.2, 0.25) is 0 Å². The van der Waals surface area contributed by atoms with Gasteiger partial charge >= 0.3 is 0 Å².